The zero-order valence-electron chi connectivity index (χ0n) is 45.7. The molecule has 3 aliphatic heterocycles. The Kier molecular flexibility index (Phi) is 20.1. The highest BCUT2D eigenvalue weighted by atomic mass is 31.2. The van der Waals surface area contributed by atoms with Crippen LogP contribution in [-0.4, -0.2) is 115 Å². The molecule has 20 nitrogen and oxygen atoms in total. The summed E-state index contributed by atoms with van der Waals surface area (Å²) >= 11 is 0. The van der Waals surface area contributed by atoms with E-state index in [-0.39, 0.29) is 86.6 Å². The van der Waals surface area contributed by atoms with Crippen molar-refractivity contribution in [3.8, 4) is 11.8 Å². The molecule has 1 aromatic heterocycles. The predicted molar refractivity (Wildman–Crippen MR) is 301 cm³/mol. The average molecular weight is 1160 g/mol. The summed E-state index contributed by atoms with van der Waals surface area (Å²) in [5.41, 5.74) is 3.58. The van der Waals surface area contributed by atoms with Gasteiger partial charge in [-0.3, -0.25) is 48.2 Å². The van der Waals surface area contributed by atoms with Gasteiger partial charge >= 0.3 is 13.3 Å². The van der Waals surface area contributed by atoms with Gasteiger partial charge in [-0.2, -0.15) is 8.78 Å². The summed E-state index contributed by atoms with van der Waals surface area (Å²) in [5, 5.41) is 10.9. The van der Waals surface area contributed by atoms with Crippen LogP contribution in [0.5, 0.6) is 0 Å². The van der Waals surface area contributed by atoms with Gasteiger partial charge in [0.1, 0.15) is 29.9 Å². The van der Waals surface area contributed by atoms with Crippen LogP contribution in [0.15, 0.2) is 103 Å². The summed E-state index contributed by atoms with van der Waals surface area (Å²) in [6.07, 6.45) is 4.02. The van der Waals surface area contributed by atoms with Gasteiger partial charge in [-0.15, -0.1) is 0 Å². The molecule has 9 N–H and O–H groups in total. The summed E-state index contributed by atoms with van der Waals surface area (Å²) < 4.78 is 47.3. The minimum atomic E-state index is -5.90. The van der Waals surface area contributed by atoms with Crippen molar-refractivity contribution in [2.45, 2.75) is 139 Å². The van der Waals surface area contributed by atoms with Gasteiger partial charge in [-0.25, -0.2) is 0 Å². The number of unbranched alkanes of at least 4 members (excludes halogenated alkanes) is 5. The average Bonchev–Trinajstić information content (AvgIpc) is 4.37. The lowest BCUT2D eigenvalue weighted by Gasteiger charge is -2.30. The monoisotopic (exact) mass is 1160 g/mol. The van der Waals surface area contributed by atoms with Crippen LogP contribution < -0.4 is 27.0 Å². The molecule has 0 bridgehead atoms. The van der Waals surface area contributed by atoms with E-state index in [4.69, 9.17) is 10.5 Å². The number of alkyl halides is 2. The Morgan fingerprint density at radius 3 is 2.24 bits per heavy atom. The van der Waals surface area contributed by atoms with Gasteiger partial charge in [-0.1, -0.05) is 117 Å². The number of nitrogens with zero attached hydrogens (tertiary/aromatic N) is 2. The summed E-state index contributed by atoms with van der Waals surface area (Å²) in [5.74, 6) is 1.80. The minimum Gasteiger partial charge on any atom is -0.376 e. The van der Waals surface area contributed by atoms with E-state index < -0.39 is 90.6 Å². The number of rotatable bonds is 25. The smallest absolute Gasteiger partial charge is 0.376 e. The van der Waals surface area contributed by atoms with Crippen LogP contribution in [0, 0.1) is 11.8 Å². The highest BCUT2D eigenvalue weighted by molar-refractivity contribution is 7.52. The van der Waals surface area contributed by atoms with E-state index in [0.717, 1.165) is 54.2 Å². The zero-order chi connectivity index (χ0) is 59.4. The molecule has 0 radical (unpaired) electrons. The first-order chi connectivity index (χ1) is 39.7. The molecule has 23 heteroatoms. The van der Waals surface area contributed by atoms with Crippen molar-refractivity contribution in [2.75, 3.05) is 13.2 Å². The maximum atomic E-state index is 14.9. The fourth-order valence-electron chi connectivity index (χ4n) is 10.6. The Hall–Kier alpha value is -8.09. The quantitative estimate of drug-likeness (QED) is 0.0143. The molecule has 0 aliphatic carbocycles. The molecule has 5 atom stereocenters. The van der Waals surface area contributed by atoms with Crippen LogP contribution in [0.1, 0.15) is 145 Å². The number of H-pyrrole nitrogens is 1. The number of imide groups is 1. The number of likely N-dealkylation sites (tertiary alicyclic amines) is 1. The molecule has 3 aliphatic rings. The third-order valence-corrected chi connectivity index (χ3v) is 16.1. The predicted octanol–water partition coefficient (Wildman–Crippen LogP) is 6.09. The molecule has 0 saturated carbocycles. The van der Waals surface area contributed by atoms with Crippen molar-refractivity contribution in [2.24, 2.45) is 5.73 Å². The second-order valence-corrected chi connectivity index (χ2v) is 22.6. The van der Waals surface area contributed by atoms with E-state index in [0.29, 0.717) is 36.8 Å². The van der Waals surface area contributed by atoms with E-state index in [9.17, 15) is 61.5 Å². The summed E-state index contributed by atoms with van der Waals surface area (Å²) in [6, 6.07) is 22.6. The molecule has 83 heavy (non-hydrogen) atoms. The van der Waals surface area contributed by atoms with Gasteiger partial charge in [0.15, 0.2) is 0 Å². The van der Waals surface area contributed by atoms with Crippen LogP contribution in [-0.2, 0) is 50.3 Å². The number of benzene rings is 4. The number of piperidine rings is 1. The third-order valence-electron chi connectivity index (χ3n) is 15.1. The number of hydrogen-bond acceptors (Lipinski definition) is 10. The SMILES string of the molecule is CCCC[C@H](NC(=O)c1cc2cc(C(F)(F)P(=O)(O)O)ccc2[nH]1)C(=O)N1C[C@H](OCCCCCCC#Cc2cccc3c2CN(C2CCC(=O)NC2=O)C3=O)C[C@H]1C(=O)N[C@@H](CCC(N)=O)C(=O)NC(c1ccccc1)c1ccccc1. The van der Waals surface area contributed by atoms with Crippen molar-refractivity contribution in [3.63, 3.8) is 0 Å². The Morgan fingerprint density at radius 1 is 0.855 bits per heavy atom. The van der Waals surface area contributed by atoms with E-state index in [1.54, 1.807) is 12.1 Å². The van der Waals surface area contributed by atoms with E-state index in [1.165, 1.54) is 15.9 Å². The Labute approximate surface area is 478 Å². The summed E-state index contributed by atoms with van der Waals surface area (Å²) in [6.45, 7) is 2.29. The zero-order valence-corrected chi connectivity index (χ0v) is 46.6. The lowest BCUT2D eigenvalue weighted by atomic mass is 9.98. The first kappa shape index (κ1) is 61.0. The van der Waals surface area contributed by atoms with Crippen molar-refractivity contribution < 1.29 is 66.2 Å². The van der Waals surface area contributed by atoms with Gasteiger partial charge in [0.2, 0.25) is 35.4 Å². The largest absolute Gasteiger partial charge is 0.399 e. The molecule has 8 amide bonds. The number of hydrogen-bond donors (Lipinski definition) is 8. The standard InChI is InChI=1S/C60H67F2N8O12P/c1-2-3-24-47(66-55(74)48-33-40-32-41(25-26-45(40)64-48)60(61,62)83(79,80)81)59(78)69-35-42(34-50(69)57(76)65-46(27-29-51(63)71)54(73)68-53(38-18-11-8-12-19-38)39-20-13-9-14-21-39)82-31-15-7-5-4-6-10-17-37-22-16-23-43-44(37)36-70(58(43)77)49-28-30-52(72)67-56(49)75/h8-9,11-14,16,18-23,25-26,32-33,42,46-47,49-50,53,64H,2-7,15,24,27-31,34-36H2,1H3,(H2,63,71)(H,65,76)(H,66,74)(H,68,73)(H,67,72,75)(H2,79,80,81)/t42-,46+,47+,49?,50+/m1/s1. The fourth-order valence-corrected chi connectivity index (χ4v) is 11.1. The molecule has 0 spiro atoms. The lowest BCUT2D eigenvalue weighted by Crippen LogP contribution is -2.56. The number of nitrogens with two attached hydrogens (primary N) is 1. The Balaban J connectivity index is 0.941. The number of nitrogens with one attached hydrogen (secondary N) is 5. The summed E-state index contributed by atoms with van der Waals surface area (Å²) in [7, 11) is -5.90. The molecular formula is C60H67F2N8O12P. The molecular weight excluding hydrogens is 1090 g/mol. The number of aromatic amines is 1. The maximum absolute atomic E-state index is 14.9. The van der Waals surface area contributed by atoms with Gasteiger partial charge in [0.05, 0.1) is 12.1 Å². The van der Waals surface area contributed by atoms with E-state index in [2.05, 4.69) is 38.1 Å². The van der Waals surface area contributed by atoms with Crippen LogP contribution >= 0.6 is 7.60 Å². The molecule has 4 aromatic carbocycles. The highest BCUT2D eigenvalue weighted by Crippen LogP contribution is 2.59. The van der Waals surface area contributed by atoms with E-state index in [1.807, 2.05) is 73.7 Å². The van der Waals surface area contributed by atoms with Gasteiger partial charge < -0.3 is 51.0 Å². The highest BCUT2D eigenvalue weighted by Gasteiger charge is 2.50. The molecule has 2 saturated heterocycles. The van der Waals surface area contributed by atoms with Crippen LogP contribution in [0.4, 0.5) is 8.78 Å². The van der Waals surface area contributed by atoms with Crippen molar-refractivity contribution >= 4 is 65.8 Å². The Bertz CT molecular complexity index is 3310. The molecule has 2 fully saturated rings. The molecule has 1 unspecified atom stereocenters. The van der Waals surface area contributed by atoms with Crippen LogP contribution in [0.2, 0.25) is 0 Å². The number of primary amides is 1. The fraction of sp³-hybridized carbons (Fsp3) is 0.400. The number of aromatic nitrogens is 1. The van der Waals surface area contributed by atoms with Crippen molar-refractivity contribution in [1.29, 1.82) is 0 Å². The molecule has 5 aromatic rings. The van der Waals surface area contributed by atoms with Crippen LogP contribution in [0.3, 0.4) is 0 Å². The molecule has 4 heterocycles. The number of amides is 8. The van der Waals surface area contributed by atoms with Gasteiger partial charge in [0.25, 0.3) is 11.8 Å². The van der Waals surface area contributed by atoms with E-state index >= 15 is 0 Å². The summed E-state index contributed by atoms with van der Waals surface area (Å²) in [4.78, 5) is 132. The second-order valence-electron chi connectivity index (χ2n) is 21.0. The van der Waals surface area contributed by atoms with Gasteiger partial charge in [0, 0.05) is 73.0 Å². The number of fused-ring (bicyclic) bond motifs is 2. The minimum absolute atomic E-state index is 0.00604. The first-order valence-electron chi connectivity index (χ1n) is 27.8. The second kappa shape index (κ2) is 27.3. The van der Waals surface area contributed by atoms with Gasteiger partial charge in [-0.05, 0) is 79.1 Å². The number of halogens is 2. The number of carbonyl (C=O) groups is 8. The van der Waals surface area contributed by atoms with Crippen molar-refractivity contribution in [3.05, 3.63) is 142 Å². The first-order valence-corrected chi connectivity index (χ1v) is 29.4. The number of carbonyl (C=O) groups excluding carboxylic acids is 8. The topological polar surface area (TPSA) is 300 Å². The third kappa shape index (κ3) is 14.9. The van der Waals surface area contributed by atoms with Crippen LogP contribution in [0.25, 0.3) is 10.9 Å². The maximum Gasteiger partial charge on any atom is 0.399 e. The van der Waals surface area contributed by atoms with Crippen molar-refractivity contribution in [1.82, 2.24) is 36.1 Å². The Morgan fingerprint density at radius 2 is 1.57 bits per heavy atom. The molecule has 438 valence electrons. The number of ether oxygens (including phenoxy) is 1. The lowest BCUT2D eigenvalue weighted by molar-refractivity contribution is -0.141. The molecule has 8 rings (SSSR count). The normalized spacial score (nSPS) is 17.8.